The summed E-state index contributed by atoms with van der Waals surface area (Å²) in [5.74, 6) is 0.527. The third-order valence-electron chi connectivity index (χ3n) is 3.91. The second kappa shape index (κ2) is 5.93. The largest absolute Gasteiger partial charge is 0.393 e. The van der Waals surface area contributed by atoms with Gasteiger partial charge in [0.15, 0.2) is 5.82 Å². The van der Waals surface area contributed by atoms with Crippen molar-refractivity contribution < 1.29 is 14.0 Å². The van der Waals surface area contributed by atoms with Crippen LogP contribution >= 0.6 is 0 Å². The maximum absolute atomic E-state index is 13.0. The molecule has 1 heterocycles. The highest BCUT2D eigenvalue weighted by Crippen LogP contribution is 2.31. The summed E-state index contributed by atoms with van der Waals surface area (Å²) in [6, 6.07) is 6.28. The SMILES string of the molecule is CCC(c1nc(C(C)(C)c2ccc(F)cc2)no1)C(C)O. The summed E-state index contributed by atoms with van der Waals surface area (Å²) in [4.78, 5) is 4.44. The fourth-order valence-corrected chi connectivity index (χ4v) is 2.36. The summed E-state index contributed by atoms with van der Waals surface area (Å²) >= 11 is 0. The predicted molar refractivity (Wildman–Crippen MR) is 77.5 cm³/mol. The molecule has 114 valence electrons. The average molecular weight is 292 g/mol. The lowest BCUT2D eigenvalue weighted by molar-refractivity contribution is 0.141. The monoisotopic (exact) mass is 292 g/mol. The first kappa shape index (κ1) is 15.6. The Hall–Kier alpha value is -1.75. The van der Waals surface area contributed by atoms with Crippen LogP contribution in [-0.2, 0) is 5.41 Å². The van der Waals surface area contributed by atoms with Crippen molar-refractivity contribution in [1.82, 2.24) is 10.1 Å². The van der Waals surface area contributed by atoms with E-state index in [9.17, 15) is 9.50 Å². The van der Waals surface area contributed by atoms with Gasteiger partial charge in [-0.15, -0.1) is 0 Å². The maximum Gasteiger partial charge on any atom is 0.232 e. The third-order valence-corrected chi connectivity index (χ3v) is 3.91. The van der Waals surface area contributed by atoms with E-state index in [4.69, 9.17) is 4.52 Å². The zero-order chi connectivity index (χ0) is 15.6. The van der Waals surface area contributed by atoms with Crippen molar-refractivity contribution in [1.29, 1.82) is 0 Å². The summed E-state index contributed by atoms with van der Waals surface area (Å²) in [6.07, 6.45) is 0.174. The zero-order valence-corrected chi connectivity index (χ0v) is 12.8. The number of aliphatic hydroxyl groups is 1. The Balaban J connectivity index is 2.33. The summed E-state index contributed by atoms with van der Waals surface area (Å²) in [5.41, 5.74) is 0.410. The van der Waals surface area contributed by atoms with Crippen molar-refractivity contribution in [3.8, 4) is 0 Å². The minimum atomic E-state index is -0.544. The standard InChI is InChI=1S/C16H21FN2O2/c1-5-13(10(2)20)14-18-15(19-21-14)16(3,4)11-6-8-12(17)9-7-11/h6-10,13,20H,5H2,1-4H3. The molecule has 1 aromatic carbocycles. The Morgan fingerprint density at radius 3 is 2.43 bits per heavy atom. The van der Waals surface area contributed by atoms with Gasteiger partial charge in [-0.05, 0) is 44.9 Å². The lowest BCUT2D eigenvalue weighted by atomic mass is 9.84. The molecule has 5 heteroatoms. The van der Waals surface area contributed by atoms with Crippen LogP contribution in [0.4, 0.5) is 4.39 Å². The van der Waals surface area contributed by atoms with Gasteiger partial charge in [-0.3, -0.25) is 0 Å². The molecule has 21 heavy (non-hydrogen) atoms. The van der Waals surface area contributed by atoms with E-state index in [-0.39, 0.29) is 11.7 Å². The van der Waals surface area contributed by atoms with Crippen LogP contribution in [0.3, 0.4) is 0 Å². The number of nitrogens with zero attached hydrogens (tertiary/aromatic N) is 2. The van der Waals surface area contributed by atoms with Gasteiger partial charge in [0.25, 0.3) is 0 Å². The van der Waals surface area contributed by atoms with Gasteiger partial charge >= 0.3 is 0 Å². The number of rotatable bonds is 5. The lowest BCUT2D eigenvalue weighted by Gasteiger charge is -2.21. The quantitative estimate of drug-likeness (QED) is 0.917. The summed E-state index contributed by atoms with van der Waals surface area (Å²) in [5, 5.41) is 13.8. The minimum absolute atomic E-state index is 0.171. The van der Waals surface area contributed by atoms with Gasteiger partial charge in [0.05, 0.1) is 17.4 Å². The van der Waals surface area contributed by atoms with E-state index in [1.807, 2.05) is 20.8 Å². The van der Waals surface area contributed by atoms with E-state index >= 15 is 0 Å². The van der Waals surface area contributed by atoms with E-state index < -0.39 is 11.5 Å². The van der Waals surface area contributed by atoms with Crippen LogP contribution in [0.1, 0.15) is 57.3 Å². The molecule has 0 aliphatic rings. The van der Waals surface area contributed by atoms with Gasteiger partial charge < -0.3 is 9.63 Å². The van der Waals surface area contributed by atoms with Crippen LogP contribution in [0.5, 0.6) is 0 Å². The van der Waals surface area contributed by atoms with Crippen molar-refractivity contribution >= 4 is 0 Å². The zero-order valence-electron chi connectivity index (χ0n) is 12.8. The summed E-state index contributed by atoms with van der Waals surface area (Å²) < 4.78 is 18.4. The molecule has 0 radical (unpaired) electrons. The third kappa shape index (κ3) is 3.13. The number of halogens is 1. The molecule has 2 unspecified atom stereocenters. The fourth-order valence-electron chi connectivity index (χ4n) is 2.36. The molecular weight excluding hydrogens is 271 g/mol. The Labute approximate surface area is 124 Å². The molecule has 0 amide bonds. The highest BCUT2D eigenvalue weighted by molar-refractivity contribution is 5.30. The van der Waals surface area contributed by atoms with Gasteiger partial charge in [-0.25, -0.2) is 4.39 Å². The van der Waals surface area contributed by atoms with Gasteiger partial charge in [0.1, 0.15) is 5.82 Å². The first-order valence-electron chi connectivity index (χ1n) is 7.14. The maximum atomic E-state index is 13.0. The molecular formula is C16H21FN2O2. The normalized spacial score (nSPS) is 15.0. The molecule has 0 aliphatic heterocycles. The number of aliphatic hydroxyl groups excluding tert-OH is 1. The molecule has 4 nitrogen and oxygen atoms in total. The number of hydrogen-bond donors (Lipinski definition) is 1. The van der Waals surface area contributed by atoms with Crippen LogP contribution in [-0.4, -0.2) is 21.4 Å². The van der Waals surface area contributed by atoms with Crippen molar-refractivity contribution in [3.05, 3.63) is 47.4 Å². The van der Waals surface area contributed by atoms with Crippen LogP contribution in [0.15, 0.2) is 28.8 Å². The molecule has 0 bridgehead atoms. The Morgan fingerprint density at radius 2 is 1.90 bits per heavy atom. The highest BCUT2D eigenvalue weighted by atomic mass is 19.1. The van der Waals surface area contributed by atoms with Crippen LogP contribution < -0.4 is 0 Å². The van der Waals surface area contributed by atoms with Gasteiger partial charge in [0.2, 0.25) is 5.89 Å². The molecule has 2 aromatic rings. The Morgan fingerprint density at radius 1 is 1.29 bits per heavy atom. The predicted octanol–water partition coefficient (Wildman–Crippen LogP) is 3.41. The molecule has 0 aliphatic carbocycles. The van der Waals surface area contributed by atoms with E-state index in [0.717, 1.165) is 12.0 Å². The second-order valence-corrected chi connectivity index (χ2v) is 5.84. The first-order chi connectivity index (χ1) is 9.86. The molecule has 0 saturated heterocycles. The average Bonchev–Trinajstić information content (AvgIpc) is 2.90. The van der Waals surface area contributed by atoms with Crippen molar-refractivity contribution in [2.24, 2.45) is 0 Å². The topological polar surface area (TPSA) is 59.2 Å². The molecule has 1 N–H and O–H groups in total. The van der Waals surface area contributed by atoms with Crippen LogP contribution in [0.25, 0.3) is 0 Å². The van der Waals surface area contributed by atoms with E-state index in [1.165, 1.54) is 12.1 Å². The fraction of sp³-hybridized carbons (Fsp3) is 0.500. The van der Waals surface area contributed by atoms with E-state index in [1.54, 1.807) is 19.1 Å². The molecule has 0 fully saturated rings. The Kier molecular flexibility index (Phi) is 4.42. The second-order valence-electron chi connectivity index (χ2n) is 5.84. The van der Waals surface area contributed by atoms with Gasteiger partial charge in [-0.2, -0.15) is 4.98 Å². The van der Waals surface area contributed by atoms with Crippen LogP contribution in [0.2, 0.25) is 0 Å². The van der Waals surface area contributed by atoms with Crippen molar-refractivity contribution in [2.75, 3.05) is 0 Å². The smallest absolute Gasteiger partial charge is 0.232 e. The molecule has 2 atom stereocenters. The van der Waals surface area contributed by atoms with Crippen molar-refractivity contribution in [3.63, 3.8) is 0 Å². The molecule has 2 rings (SSSR count). The number of hydrogen-bond acceptors (Lipinski definition) is 4. The van der Waals surface area contributed by atoms with E-state index in [2.05, 4.69) is 10.1 Å². The van der Waals surface area contributed by atoms with Gasteiger partial charge in [0, 0.05) is 0 Å². The van der Waals surface area contributed by atoms with Crippen LogP contribution in [0, 0.1) is 5.82 Å². The number of benzene rings is 1. The highest BCUT2D eigenvalue weighted by Gasteiger charge is 2.31. The minimum Gasteiger partial charge on any atom is -0.393 e. The number of aromatic nitrogens is 2. The molecule has 1 aromatic heterocycles. The van der Waals surface area contributed by atoms with Gasteiger partial charge in [-0.1, -0.05) is 24.2 Å². The lowest BCUT2D eigenvalue weighted by Crippen LogP contribution is -2.21. The molecule has 0 saturated carbocycles. The summed E-state index contributed by atoms with van der Waals surface area (Å²) in [7, 11) is 0. The van der Waals surface area contributed by atoms with E-state index in [0.29, 0.717) is 11.7 Å². The van der Waals surface area contributed by atoms with Crippen molar-refractivity contribution in [2.45, 2.75) is 51.6 Å². The molecule has 0 spiro atoms. The summed E-state index contributed by atoms with van der Waals surface area (Å²) in [6.45, 7) is 7.59. The Bertz CT molecular complexity index is 591. The first-order valence-corrected chi connectivity index (χ1v) is 7.14.